The van der Waals surface area contributed by atoms with Crippen LogP contribution in [0.25, 0.3) is 11.6 Å². The number of rotatable bonds is 19. The predicted octanol–water partition coefficient (Wildman–Crippen LogP) is 5.19. The monoisotopic (exact) mass is 600 g/mol. The molecule has 1 aliphatic carbocycles. The van der Waals surface area contributed by atoms with Crippen molar-refractivity contribution in [3.63, 3.8) is 0 Å². The lowest BCUT2D eigenvalue weighted by Crippen LogP contribution is -2.47. The van der Waals surface area contributed by atoms with E-state index in [2.05, 4.69) is 30.4 Å². The first-order chi connectivity index (χ1) is 20.1. The van der Waals surface area contributed by atoms with Crippen LogP contribution in [-0.2, 0) is 26.0 Å². The average Bonchev–Trinajstić information content (AvgIpc) is 3.29. The summed E-state index contributed by atoms with van der Waals surface area (Å²) in [6.07, 6.45) is 10.2. The van der Waals surface area contributed by atoms with Crippen molar-refractivity contribution in [2.45, 2.75) is 104 Å². The standard InChI is InChI=1S/C33H48N2O6S/c1-6-10-19-25-29-26(41-33(25)34-42(5,38)39)23-27(32(37)30(29)31(36)24-17-15-14-16-18-24)40-28(20-11-7-2)35(21-12-8-3)22-13-9-4/h14-18,23,27-28,34H,6-13,19-22H2,1-5H3. The molecule has 0 spiro atoms. The Hall–Kier alpha value is -2.75. The molecule has 2 unspecified atom stereocenters. The molecule has 232 valence electrons. The number of benzene rings is 1. The van der Waals surface area contributed by atoms with Gasteiger partial charge in [-0.15, -0.1) is 0 Å². The summed E-state index contributed by atoms with van der Waals surface area (Å²) in [5, 5.41) is 0.368. The largest absolute Gasteiger partial charge is 0.440 e. The molecule has 1 aromatic heterocycles. The van der Waals surface area contributed by atoms with Gasteiger partial charge in [0.2, 0.25) is 15.9 Å². The van der Waals surface area contributed by atoms with E-state index >= 15 is 0 Å². The van der Waals surface area contributed by atoms with Gasteiger partial charge in [0.25, 0.3) is 0 Å². The Morgan fingerprint density at radius 2 is 1.60 bits per heavy atom. The van der Waals surface area contributed by atoms with E-state index in [4.69, 9.17) is 9.15 Å². The molecule has 0 bridgehead atoms. The highest BCUT2D eigenvalue weighted by molar-refractivity contribution is 7.92. The molecule has 1 aliphatic rings. The number of carbonyl (C=O) groups is 2. The van der Waals surface area contributed by atoms with Gasteiger partial charge in [0, 0.05) is 29.4 Å². The molecule has 9 heteroatoms. The van der Waals surface area contributed by atoms with Gasteiger partial charge in [0.05, 0.1) is 11.8 Å². The Kier molecular flexibility index (Phi) is 13.0. The number of unbranched alkanes of at least 4 members (excludes halogenated alkanes) is 4. The second-order valence-corrected chi connectivity index (χ2v) is 12.9. The highest BCUT2D eigenvalue weighted by atomic mass is 32.2. The maximum absolute atomic E-state index is 14.3. The fraction of sp³-hybridized carbons (Fsp3) is 0.576. The third kappa shape index (κ3) is 8.88. The van der Waals surface area contributed by atoms with Crippen LogP contribution in [0.15, 0.2) is 34.7 Å². The molecule has 1 heterocycles. The number of anilines is 1. The summed E-state index contributed by atoms with van der Waals surface area (Å²) in [6.45, 7) is 10.2. The Morgan fingerprint density at radius 1 is 0.976 bits per heavy atom. The van der Waals surface area contributed by atoms with Crippen molar-refractivity contribution in [1.82, 2.24) is 4.90 Å². The lowest BCUT2D eigenvalue weighted by atomic mass is 9.90. The van der Waals surface area contributed by atoms with Crippen LogP contribution in [0.3, 0.4) is 0 Å². The number of hydrogen-bond donors (Lipinski definition) is 1. The molecule has 0 saturated carbocycles. The minimum atomic E-state index is -3.67. The van der Waals surface area contributed by atoms with E-state index < -0.39 is 27.7 Å². The van der Waals surface area contributed by atoms with Gasteiger partial charge in [0.15, 0.2) is 11.6 Å². The topological polar surface area (TPSA) is 106 Å². The number of hydrogen-bond acceptors (Lipinski definition) is 7. The van der Waals surface area contributed by atoms with Gasteiger partial charge >= 0.3 is 0 Å². The maximum Gasteiger partial charge on any atom is 0.232 e. The van der Waals surface area contributed by atoms with Gasteiger partial charge in [-0.25, -0.2) is 8.42 Å². The molecule has 1 aromatic carbocycles. The van der Waals surface area contributed by atoms with E-state index in [9.17, 15) is 18.0 Å². The van der Waals surface area contributed by atoms with Crippen LogP contribution in [0.4, 0.5) is 5.88 Å². The minimum Gasteiger partial charge on any atom is -0.440 e. The number of ketones is 2. The number of nitrogens with zero attached hydrogens (tertiary/aromatic N) is 1. The zero-order valence-corrected chi connectivity index (χ0v) is 26.7. The zero-order chi connectivity index (χ0) is 30.7. The number of furan rings is 1. The van der Waals surface area contributed by atoms with Gasteiger partial charge in [-0.1, -0.05) is 83.7 Å². The van der Waals surface area contributed by atoms with E-state index in [1.807, 2.05) is 13.0 Å². The van der Waals surface area contributed by atoms with E-state index in [1.54, 1.807) is 30.3 Å². The molecule has 42 heavy (non-hydrogen) atoms. The van der Waals surface area contributed by atoms with E-state index in [0.29, 0.717) is 28.2 Å². The lowest BCUT2D eigenvalue weighted by Gasteiger charge is -2.34. The van der Waals surface area contributed by atoms with Crippen LogP contribution < -0.4 is 15.4 Å². The van der Waals surface area contributed by atoms with Crippen molar-refractivity contribution in [3.05, 3.63) is 52.1 Å². The Balaban J connectivity index is 2.19. The second kappa shape index (κ2) is 16.2. The molecule has 2 aromatic rings. The summed E-state index contributed by atoms with van der Waals surface area (Å²) >= 11 is 0. The Morgan fingerprint density at radius 3 is 2.17 bits per heavy atom. The van der Waals surface area contributed by atoms with Crippen molar-refractivity contribution < 1.29 is 27.2 Å². The van der Waals surface area contributed by atoms with Crippen LogP contribution in [0.5, 0.6) is 0 Å². The van der Waals surface area contributed by atoms with Crippen LogP contribution in [0, 0.1) is 0 Å². The van der Waals surface area contributed by atoms with Crippen molar-refractivity contribution in [2.24, 2.45) is 0 Å². The number of sulfonamides is 1. The summed E-state index contributed by atoms with van der Waals surface area (Å²) in [4.78, 5) is 30.6. The van der Waals surface area contributed by atoms with Crippen molar-refractivity contribution in [1.29, 1.82) is 0 Å². The summed E-state index contributed by atoms with van der Waals surface area (Å²) in [5.41, 5.74) is 1.18. The van der Waals surface area contributed by atoms with Gasteiger partial charge in [0.1, 0.15) is 17.7 Å². The Labute approximate surface area is 251 Å². The van der Waals surface area contributed by atoms with Gasteiger partial charge in [-0.2, -0.15) is 0 Å². The van der Waals surface area contributed by atoms with Crippen LogP contribution in [0.2, 0.25) is 0 Å². The molecular weight excluding hydrogens is 552 g/mol. The van der Waals surface area contributed by atoms with Crippen LogP contribution in [0.1, 0.15) is 101 Å². The smallest absolute Gasteiger partial charge is 0.232 e. The number of ether oxygens (including phenoxy) is 1. The molecule has 3 rings (SSSR count). The van der Waals surface area contributed by atoms with E-state index in [-0.39, 0.29) is 17.7 Å². The van der Waals surface area contributed by atoms with Crippen molar-refractivity contribution in [2.75, 3.05) is 24.1 Å². The second-order valence-electron chi connectivity index (χ2n) is 11.1. The van der Waals surface area contributed by atoms with E-state index in [0.717, 1.165) is 77.1 Å². The zero-order valence-electron chi connectivity index (χ0n) is 25.9. The average molecular weight is 601 g/mol. The van der Waals surface area contributed by atoms with Gasteiger partial charge < -0.3 is 9.15 Å². The molecule has 0 amide bonds. The van der Waals surface area contributed by atoms with Gasteiger partial charge in [-0.3, -0.25) is 19.2 Å². The van der Waals surface area contributed by atoms with E-state index in [1.165, 1.54) is 0 Å². The fourth-order valence-corrected chi connectivity index (χ4v) is 5.77. The number of fused-ring (bicyclic) bond motifs is 1. The molecule has 0 radical (unpaired) electrons. The van der Waals surface area contributed by atoms with Crippen LogP contribution >= 0.6 is 0 Å². The first kappa shape index (κ1) is 33.7. The summed E-state index contributed by atoms with van der Waals surface area (Å²) < 4.78 is 39.7. The van der Waals surface area contributed by atoms with Gasteiger partial charge in [-0.05, 0) is 44.6 Å². The number of Topliss-reactive ketones (excluding diaryl/α,β-unsaturated/α-hetero) is 2. The Bertz CT molecular complexity index is 1410. The SMILES string of the molecule is CCCCc1c(NS(C)(=O)=O)oc2c1=C(C(=O)c1ccccc1)C(=O)C(OC(CCCC)N(CCCC)CCCC)C=2. The predicted molar refractivity (Wildman–Crippen MR) is 168 cm³/mol. The normalized spacial score (nSPS) is 15.9. The molecule has 0 saturated heterocycles. The molecule has 1 N–H and O–H groups in total. The summed E-state index contributed by atoms with van der Waals surface area (Å²) in [5.74, 6) is -0.797. The highest BCUT2D eigenvalue weighted by Crippen LogP contribution is 2.24. The first-order valence-corrected chi connectivity index (χ1v) is 17.4. The number of carbonyl (C=O) groups excluding carboxylic acids is 2. The summed E-state index contributed by atoms with van der Waals surface area (Å²) in [6, 6.07) is 8.68. The first-order valence-electron chi connectivity index (χ1n) is 15.5. The quantitative estimate of drug-likeness (QED) is 0.175. The molecule has 0 fully saturated rings. The molecule has 0 aliphatic heterocycles. The highest BCUT2D eigenvalue weighted by Gasteiger charge is 2.36. The van der Waals surface area contributed by atoms with Crippen molar-refractivity contribution in [3.8, 4) is 0 Å². The summed E-state index contributed by atoms with van der Waals surface area (Å²) in [7, 11) is -3.67. The molecule has 8 nitrogen and oxygen atoms in total. The number of nitrogens with one attached hydrogen (secondary N) is 1. The minimum absolute atomic E-state index is 0.0111. The van der Waals surface area contributed by atoms with Crippen LogP contribution in [-0.4, -0.2) is 56.6 Å². The molecular formula is C33H48N2O6S. The van der Waals surface area contributed by atoms with Crippen molar-refractivity contribution >= 4 is 39.1 Å². The third-order valence-corrected chi connectivity index (χ3v) is 8.08. The fourth-order valence-electron chi connectivity index (χ4n) is 5.27. The third-order valence-electron chi connectivity index (χ3n) is 7.53. The molecule has 2 atom stereocenters. The maximum atomic E-state index is 14.3. The lowest BCUT2D eigenvalue weighted by molar-refractivity contribution is -0.134.